The van der Waals surface area contributed by atoms with Gasteiger partial charge in [-0.15, -0.1) is 0 Å². The zero-order valence-electron chi connectivity index (χ0n) is 15.8. The topological polar surface area (TPSA) is 95.3 Å². The van der Waals surface area contributed by atoms with Gasteiger partial charge in [0.15, 0.2) is 6.04 Å². The number of likely N-dealkylation sites (N-methyl/N-ethyl adjacent to an activating group) is 1. The Labute approximate surface area is 156 Å². The lowest BCUT2D eigenvalue weighted by atomic mass is 9.93. The Hall–Kier alpha value is -2.80. The third-order valence-electron chi connectivity index (χ3n) is 5.87. The van der Waals surface area contributed by atoms with Crippen molar-refractivity contribution in [2.75, 3.05) is 13.6 Å². The van der Waals surface area contributed by atoms with Crippen molar-refractivity contribution in [3.63, 3.8) is 0 Å². The molecule has 0 bridgehead atoms. The van der Waals surface area contributed by atoms with Crippen LogP contribution in [0.1, 0.15) is 49.2 Å². The van der Waals surface area contributed by atoms with Crippen LogP contribution in [0.15, 0.2) is 33.9 Å². The molecule has 1 aliphatic rings. The van der Waals surface area contributed by atoms with Gasteiger partial charge < -0.3 is 15.0 Å². The molecule has 7 nitrogen and oxygen atoms in total. The highest BCUT2D eigenvalue weighted by atomic mass is 16.3. The largest absolute Gasteiger partial charge is 0.494 e. The quantitative estimate of drug-likeness (QED) is 0.551. The second kappa shape index (κ2) is 6.42. The Balaban J connectivity index is 2.00. The molecule has 0 aliphatic carbocycles. The van der Waals surface area contributed by atoms with E-state index in [9.17, 15) is 14.7 Å². The van der Waals surface area contributed by atoms with Gasteiger partial charge in [0.1, 0.15) is 5.56 Å². The minimum absolute atomic E-state index is 0.209. The molecule has 0 saturated heterocycles. The number of quaternary nitrogens is 1. The maximum atomic E-state index is 12.7. The van der Waals surface area contributed by atoms with Crippen molar-refractivity contribution in [3.05, 3.63) is 61.9 Å². The number of fused-ring (bicyclic) bond motifs is 3. The molecular formula is C20H25N4O3+. The number of benzene rings is 1. The second-order valence-corrected chi connectivity index (χ2v) is 7.47. The summed E-state index contributed by atoms with van der Waals surface area (Å²) in [4.78, 5) is 32.0. The van der Waals surface area contributed by atoms with E-state index in [2.05, 4.69) is 16.0 Å². The van der Waals surface area contributed by atoms with Crippen molar-refractivity contribution in [2.45, 2.75) is 38.8 Å². The highest BCUT2D eigenvalue weighted by Gasteiger charge is 2.38. The van der Waals surface area contributed by atoms with Crippen molar-refractivity contribution in [2.24, 2.45) is 0 Å². The maximum absolute atomic E-state index is 12.7. The van der Waals surface area contributed by atoms with E-state index in [1.54, 1.807) is 0 Å². The molecule has 3 atom stereocenters. The summed E-state index contributed by atoms with van der Waals surface area (Å²) in [5.41, 5.74) is 2.30. The van der Waals surface area contributed by atoms with Gasteiger partial charge in [0.25, 0.3) is 5.56 Å². The predicted octanol–water partition coefficient (Wildman–Crippen LogP) is 0.855. The molecule has 7 heteroatoms. The molecule has 0 radical (unpaired) electrons. The van der Waals surface area contributed by atoms with Crippen molar-refractivity contribution in [1.29, 1.82) is 0 Å². The summed E-state index contributed by atoms with van der Waals surface area (Å²) in [6, 6.07) is 7.50. The molecule has 0 spiro atoms. The van der Waals surface area contributed by atoms with E-state index in [1.165, 1.54) is 10.1 Å². The van der Waals surface area contributed by atoms with E-state index in [0.29, 0.717) is 6.42 Å². The lowest BCUT2D eigenvalue weighted by molar-refractivity contribution is -0.908. The lowest BCUT2D eigenvalue weighted by Gasteiger charge is -2.30. The first-order valence-corrected chi connectivity index (χ1v) is 9.43. The molecule has 4 rings (SSSR count). The first-order valence-electron chi connectivity index (χ1n) is 9.43. The first-order chi connectivity index (χ1) is 12.9. The Morgan fingerprint density at radius 3 is 2.78 bits per heavy atom. The summed E-state index contributed by atoms with van der Waals surface area (Å²) < 4.78 is 1.29. The molecule has 1 unspecified atom stereocenters. The number of hydrogen-bond acceptors (Lipinski definition) is 3. The molecule has 4 N–H and O–H groups in total. The molecule has 3 aromatic rings. The average molecular weight is 369 g/mol. The minimum Gasteiger partial charge on any atom is -0.494 e. The number of hydrogen-bond donors (Lipinski definition) is 4. The Morgan fingerprint density at radius 1 is 1.30 bits per heavy atom. The van der Waals surface area contributed by atoms with E-state index in [1.807, 2.05) is 39.1 Å². The molecule has 0 amide bonds. The van der Waals surface area contributed by atoms with Crippen LogP contribution in [0.4, 0.5) is 0 Å². The number of nitrogens with zero attached hydrogens (tertiary/aromatic N) is 1. The van der Waals surface area contributed by atoms with Crippen LogP contribution in [-0.4, -0.2) is 33.2 Å². The number of rotatable bonds is 3. The highest BCUT2D eigenvalue weighted by Crippen LogP contribution is 2.33. The van der Waals surface area contributed by atoms with Gasteiger partial charge in [-0.2, -0.15) is 0 Å². The van der Waals surface area contributed by atoms with Crippen molar-refractivity contribution < 1.29 is 10.0 Å². The predicted molar refractivity (Wildman–Crippen MR) is 104 cm³/mol. The van der Waals surface area contributed by atoms with Gasteiger partial charge in [0, 0.05) is 23.4 Å². The molecular weight excluding hydrogens is 344 g/mol. The summed E-state index contributed by atoms with van der Waals surface area (Å²) in [7, 11) is 2.01. The molecule has 0 fully saturated rings. The van der Waals surface area contributed by atoms with Crippen LogP contribution in [0.2, 0.25) is 0 Å². The first kappa shape index (κ1) is 17.6. The van der Waals surface area contributed by atoms with Gasteiger partial charge >= 0.3 is 5.69 Å². The average Bonchev–Trinajstić information content (AvgIpc) is 3.01. The van der Waals surface area contributed by atoms with Gasteiger partial charge in [-0.3, -0.25) is 14.3 Å². The normalized spacial score (nSPS) is 20.6. The van der Waals surface area contributed by atoms with Crippen LogP contribution in [0.25, 0.3) is 10.9 Å². The van der Waals surface area contributed by atoms with Crippen LogP contribution < -0.4 is 16.1 Å². The fraction of sp³-hybridized carbons (Fsp3) is 0.400. The SMILES string of the molecule is CC[C@H](C)n1c(O)c([C@@H]2c3[nH]c4ccccc4c3CC[NH+]2C)c(=O)[nH]c1=O. The fourth-order valence-electron chi connectivity index (χ4n) is 4.24. The Kier molecular flexibility index (Phi) is 4.19. The van der Waals surface area contributed by atoms with E-state index < -0.39 is 11.2 Å². The molecule has 142 valence electrons. The number of H-pyrrole nitrogens is 2. The van der Waals surface area contributed by atoms with Crippen LogP contribution in [-0.2, 0) is 6.42 Å². The van der Waals surface area contributed by atoms with E-state index in [-0.39, 0.29) is 23.5 Å². The van der Waals surface area contributed by atoms with Crippen molar-refractivity contribution in [3.8, 4) is 5.88 Å². The molecule has 3 heterocycles. The molecule has 27 heavy (non-hydrogen) atoms. The van der Waals surface area contributed by atoms with Gasteiger partial charge in [-0.25, -0.2) is 4.79 Å². The van der Waals surface area contributed by atoms with Crippen LogP contribution in [0.3, 0.4) is 0 Å². The van der Waals surface area contributed by atoms with Crippen LogP contribution >= 0.6 is 0 Å². The van der Waals surface area contributed by atoms with Crippen molar-refractivity contribution in [1.82, 2.24) is 14.5 Å². The van der Waals surface area contributed by atoms with Crippen molar-refractivity contribution >= 4 is 10.9 Å². The summed E-state index contributed by atoms with van der Waals surface area (Å²) in [5.74, 6) is -0.228. The van der Waals surface area contributed by atoms with Gasteiger partial charge in [0.05, 0.1) is 19.3 Å². The maximum Gasteiger partial charge on any atom is 0.331 e. The third-order valence-corrected chi connectivity index (χ3v) is 5.87. The summed E-state index contributed by atoms with van der Waals surface area (Å²) in [5, 5.41) is 12.1. The lowest BCUT2D eigenvalue weighted by Crippen LogP contribution is -3.10. The summed E-state index contributed by atoms with van der Waals surface area (Å²) in [6.45, 7) is 4.63. The zero-order valence-corrected chi connectivity index (χ0v) is 15.8. The number of aromatic amines is 2. The Morgan fingerprint density at radius 2 is 2.04 bits per heavy atom. The number of nitrogens with one attached hydrogen (secondary N) is 3. The van der Waals surface area contributed by atoms with E-state index in [0.717, 1.165) is 34.5 Å². The van der Waals surface area contributed by atoms with Crippen LogP contribution in [0.5, 0.6) is 5.88 Å². The van der Waals surface area contributed by atoms with Gasteiger partial charge in [-0.1, -0.05) is 25.1 Å². The van der Waals surface area contributed by atoms with E-state index in [4.69, 9.17) is 0 Å². The Bertz CT molecular complexity index is 1120. The number of aromatic nitrogens is 3. The second-order valence-electron chi connectivity index (χ2n) is 7.47. The standard InChI is InChI=1S/C20H24N4O3/c1-4-11(2)24-19(26)15(18(25)22-20(24)27)17-16-13(9-10-23(17)3)12-7-5-6-8-14(12)21-16/h5-8,11,17,21,26H,4,9-10H2,1-3H3,(H,22,25,27)/p+1/t11-,17+/m0/s1. The van der Waals surface area contributed by atoms with Gasteiger partial charge in [0.2, 0.25) is 5.88 Å². The molecule has 1 aliphatic heterocycles. The number of para-hydroxylation sites is 1. The minimum atomic E-state index is -0.569. The van der Waals surface area contributed by atoms with Gasteiger partial charge in [-0.05, 0) is 25.0 Å². The summed E-state index contributed by atoms with van der Waals surface area (Å²) in [6.07, 6.45) is 1.56. The fourth-order valence-corrected chi connectivity index (χ4v) is 4.24. The van der Waals surface area contributed by atoms with Crippen LogP contribution in [0, 0.1) is 0 Å². The smallest absolute Gasteiger partial charge is 0.331 e. The molecule has 0 saturated carbocycles. The zero-order chi connectivity index (χ0) is 19.3. The monoisotopic (exact) mass is 369 g/mol. The molecule has 1 aromatic carbocycles. The summed E-state index contributed by atoms with van der Waals surface area (Å²) >= 11 is 0. The van der Waals surface area contributed by atoms with E-state index >= 15 is 0 Å². The highest BCUT2D eigenvalue weighted by molar-refractivity contribution is 5.85. The molecule has 2 aromatic heterocycles. The number of aromatic hydroxyl groups is 1. The third kappa shape index (κ3) is 2.61.